The van der Waals surface area contributed by atoms with Gasteiger partial charge in [-0.3, -0.25) is 14.4 Å². The van der Waals surface area contributed by atoms with Crippen LogP contribution in [0.5, 0.6) is 5.75 Å². The second-order valence-electron chi connectivity index (χ2n) is 10.5. The topological polar surface area (TPSA) is 175 Å². The third-order valence-corrected chi connectivity index (χ3v) is 6.06. The number of nitrogens with two attached hydrogens (primary N) is 1. The molecule has 3 aromatic carbocycles. The number of ether oxygens (including phenoxy) is 1. The third kappa shape index (κ3) is 7.95. The van der Waals surface area contributed by atoms with Crippen molar-refractivity contribution in [3.63, 3.8) is 0 Å². The number of primary amides is 1. The van der Waals surface area contributed by atoms with Crippen LogP contribution in [0, 0.1) is 18.3 Å². The number of carbonyl (C=O) groups excluding carboxylic acids is 4. The quantitative estimate of drug-likeness (QED) is 0.289. The van der Waals surface area contributed by atoms with Crippen molar-refractivity contribution in [3.8, 4) is 11.8 Å². The summed E-state index contributed by atoms with van der Waals surface area (Å²) >= 11 is 0. The number of nitrogens with zero attached hydrogens (tertiary/aromatic N) is 2. The zero-order valence-corrected chi connectivity index (χ0v) is 23.3. The average molecular weight is 560 g/mol. The van der Waals surface area contributed by atoms with Crippen molar-refractivity contribution in [1.29, 1.82) is 5.26 Å². The average Bonchev–Trinajstić information content (AvgIpc) is 2.88. The summed E-state index contributed by atoms with van der Waals surface area (Å²) in [6, 6.07) is 16.2. The summed E-state index contributed by atoms with van der Waals surface area (Å²) in [6.45, 7) is 5.86. The van der Waals surface area contributed by atoms with Crippen molar-refractivity contribution >= 4 is 40.3 Å². The first-order valence-corrected chi connectivity index (χ1v) is 12.8. The Morgan fingerprint density at radius 3 is 2.37 bits per heavy atom. The maximum absolute atomic E-state index is 13.9. The van der Waals surface area contributed by atoms with Crippen molar-refractivity contribution < 1.29 is 29.0 Å². The van der Waals surface area contributed by atoms with Crippen molar-refractivity contribution in [3.05, 3.63) is 71.8 Å². The van der Waals surface area contributed by atoms with Gasteiger partial charge in [-0.25, -0.2) is 4.79 Å². The Morgan fingerprint density at radius 2 is 1.73 bits per heavy atom. The van der Waals surface area contributed by atoms with E-state index in [-0.39, 0.29) is 11.3 Å². The molecule has 41 heavy (non-hydrogen) atoms. The van der Waals surface area contributed by atoms with Gasteiger partial charge in [-0.15, -0.1) is 0 Å². The Labute approximate surface area is 237 Å². The molecular formula is C30H33N5O6. The Hall–Kier alpha value is -5.11. The Balaban J connectivity index is 2.06. The number of hydrogen-bond donors (Lipinski definition) is 4. The molecule has 0 radical (unpaired) electrons. The van der Waals surface area contributed by atoms with Crippen molar-refractivity contribution in [2.75, 3.05) is 11.9 Å². The highest BCUT2D eigenvalue weighted by Gasteiger charge is 2.38. The Kier molecular flexibility index (Phi) is 9.52. The fraction of sp³-hybridized carbons (Fsp3) is 0.300. The van der Waals surface area contributed by atoms with Crippen LogP contribution >= 0.6 is 0 Å². The number of phenols is 1. The van der Waals surface area contributed by atoms with E-state index in [1.807, 2.05) is 36.4 Å². The number of para-hydroxylation sites is 1. The van der Waals surface area contributed by atoms with Crippen LogP contribution < -0.4 is 16.4 Å². The molecule has 0 heterocycles. The molecule has 0 aliphatic rings. The number of amides is 4. The molecule has 2 unspecified atom stereocenters. The second-order valence-corrected chi connectivity index (χ2v) is 10.5. The molecule has 3 aromatic rings. The number of alkyl carbamates (subject to hydrolysis) is 1. The third-order valence-electron chi connectivity index (χ3n) is 6.06. The smallest absolute Gasteiger partial charge is 0.408 e. The summed E-state index contributed by atoms with van der Waals surface area (Å²) in [5, 5.41) is 27.5. The number of fused-ring (bicyclic) bond motifs is 1. The van der Waals surface area contributed by atoms with E-state index in [1.165, 1.54) is 6.07 Å². The first kappa shape index (κ1) is 30.4. The van der Waals surface area contributed by atoms with E-state index in [1.54, 1.807) is 52.0 Å². The van der Waals surface area contributed by atoms with Gasteiger partial charge in [0.1, 0.15) is 30.0 Å². The van der Waals surface area contributed by atoms with Gasteiger partial charge >= 0.3 is 6.09 Å². The van der Waals surface area contributed by atoms with E-state index in [0.717, 1.165) is 15.7 Å². The molecule has 0 bridgehead atoms. The Morgan fingerprint density at radius 1 is 1.05 bits per heavy atom. The SMILES string of the molecule is Cc1cccc(C(C(=O)Nc2ccc3ccccc3c2)N(CC#N)C(=O)C(CC(N)=O)NC(=O)OC(C)(C)C)c1O. The molecule has 0 spiro atoms. The van der Waals surface area contributed by atoms with Gasteiger partial charge in [-0.05, 0) is 56.2 Å². The summed E-state index contributed by atoms with van der Waals surface area (Å²) in [5.74, 6) is -2.85. The lowest BCUT2D eigenvalue weighted by atomic mass is 9.98. The van der Waals surface area contributed by atoms with Gasteiger partial charge in [0.05, 0.1) is 12.5 Å². The minimum atomic E-state index is -1.56. The number of nitrogens with one attached hydrogen (secondary N) is 2. The van der Waals surface area contributed by atoms with E-state index >= 15 is 0 Å². The molecule has 4 amide bonds. The number of benzene rings is 3. The first-order valence-electron chi connectivity index (χ1n) is 12.8. The largest absolute Gasteiger partial charge is 0.507 e. The number of hydrogen-bond acceptors (Lipinski definition) is 7. The molecule has 0 fully saturated rings. The minimum Gasteiger partial charge on any atom is -0.507 e. The number of anilines is 1. The zero-order chi connectivity index (χ0) is 30.3. The number of aryl methyl sites for hydroxylation is 1. The van der Waals surface area contributed by atoms with E-state index in [4.69, 9.17) is 10.5 Å². The maximum Gasteiger partial charge on any atom is 0.408 e. The highest BCUT2D eigenvalue weighted by molar-refractivity contribution is 6.01. The monoisotopic (exact) mass is 559 g/mol. The van der Waals surface area contributed by atoms with Gasteiger partial charge < -0.3 is 31.1 Å². The Bertz CT molecular complexity index is 1510. The van der Waals surface area contributed by atoms with Gasteiger partial charge in [0, 0.05) is 11.3 Å². The van der Waals surface area contributed by atoms with Crippen LogP contribution in [0.4, 0.5) is 10.5 Å². The van der Waals surface area contributed by atoms with Gasteiger partial charge in [-0.2, -0.15) is 5.26 Å². The summed E-state index contributed by atoms with van der Waals surface area (Å²) in [7, 11) is 0. The van der Waals surface area contributed by atoms with Crippen LogP contribution in [0.3, 0.4) is 0 Å². The highest BCUT2D eigenvalue weighted by atomic mass is 16.6. The van der Waals surface area contributed by atoms with Crippen LogP contribution in [0.15, 0.2) is 60.7 Å². The van der Waals surface area contributed by atoms with Gasteiger partial charge in [-0.1, -0.05) is 48.5 Å². The van der Waals surface area contributed by atoms with Crippen molar-refractivity contribution in [2.45, 2.75) is 51.8 Å². The number of rotatable bonds is 9. The molecule has 5 N–H and O–H groups in total. The van der Waals surface area contributed by atoms with E-state index in [0.29, 0.717) is 11.3 Å². The molecule has 3 rings (SSSR count). The fourth-order valence-corrected chi connectivity index (χ4v) is 4.25. The lowest BCUT2D eigenvalue weighted by molar-refractivity contribution is -0.141. The summed E-state index contributed by atoms with van der Waals surface area (Å²) < 4.78 is 5.22. The number of carbonyl (C=O) groups is 4. The molecule has 0 aliphatic carbocycles. The van der Waals surface area contributed by atoms with E-state index in [2.05, 4.69) is 10.6 Å². The molecule has 214 valence electrons. The van der Waals surface area contributed by atoms with E-state index < -0.39 is 54.5 Å². The van der Waals surface area contributed by atoms with Crippen LogP contribution in [-0.4, -0.2) is 52.0 Å². The van der Waals surface area contributed by atoms with Crippen LogP contribution in [0.2, 0.25) is 0 Å². The van der Waals surface area contributed by atoms with Gasteiger partial charge in [0.2, 0.25) is 11.8 Å². The molecular weight excluding hydrogens is 526 g/mol. The number of phenolic OH excluding ortho intramolecular Hbond substituents is 1. The summed E-state index contributed by atoms with van der Waals surface area (Å²) in [5.41, 5.74) is 5.33. The van der Waals surface area contributed by atoms with Crippen molar-refractivity contribution in [1.82, 2.24) is 10.2 Å². The highest BCUT2D eigenvalue weighted by Crippen LogP contribution is 2.33. The zero-order valence-electron chi connectivity index (χ0n) is 23.3. The van der Waals surface area contributed by atoms with Crippen LogP contribution in [0.25, 0.3) is 10.8 Å². The predicted molar refractivity (Wildman–Crippen MR) is 152 cm³/mol. The van der Waals surface area contributed by atoms with Gasteiger partial charge in [0.25, 0.3) is 5.91 Å². The molecule has 0 aromatic heterocycles. The van der Waals surface area contributed by atoms with Crippen LogP contribution in [0.1, 0.15) is 44.4 Å². The fourth-order valence-electron chi connectivity index (χ4n) is 4.25. The summed E-state index contributed by atoms with van der Waals surface area (Å²) in [4.78, 5) is 53.0. The van der Waals surface area contributed by atoms with Gasteiger partial charge in [0.15, 0.2) is 0 Å². The maximum atomic E-state index is 13.9. The van der Waals surface area contributed by atoms with E-state index in [9.17, 15) is 29.5 Å². The molecule has 2 atom stereocenters. The molecule has 11 heteroatoms. The molecule has 0 saturated carbocycles. The number of aromatic hydroxyl groups is 1. The normalized spacial score (nSPS) is 12.5. The predicted octanol–water partition coefficient (Wildman–Crippen LogP) is 3.65. The number of nitriles is 1. The summed E-state index contributed by atoms with van der Waals surface area (Å²) in [6.07, 6.45) is -1.62. The lowest BCUT2D eigenvalue weighted by Gasteiger charge is -2.33. The molecule has 0 aliphatic heterocycles. The first-order chi connectivity index (χ1) is 19.3. The molecule has 0 saturated heterocycles. The lowest BCUT2D eigenvalue weighted by Crippen LogP contribution is -2.53. The minimum absolute atomic E-state index is 0.0435. The van der Waals surface area contributed by atoms with Crippen molar-refractivity contribution in [2.24, 2.45) is 5.73 Å². The van der Waals surface area contributed by atoms with Crippen LogP contribution in [-0.2, 0) is 19.1 Å². The molecule has 11 nitrogen and oxygen atoms in total. The second kappa shape index (κ2) is 12.8. The standard InChI is InChI=1S/C30H33N5O6/c1-18-8-7-11-22(26(18)37)25(27(38)33-21-13-12-19-9-5-6-10-20(19)16-21)35(15-14-31)28(39)23(17-24(32)36)34-29(40)41-30(2,3)4/h5-13,16,23,25,37H,15,17H2,1-4H3,(H2,32,36)(H,33,38)(H,34,40).